The van der Waals surface area contributed by atoms with E-state index in [0.29, 0.717) is 22.1 Å². The first-order chi connectivity index (χ1) is 16.2. The zero-order valence-electron chi connectivity index (χ0n) is 17.7. The predicted octanol–water partition coefficient (Wildman–Crippen LogP) is 4.38. The molecular formula is C22H18N4O6S2. The van der Waals surface area contributed by atoms with Crippen molar-refractivity contribution in [1.82, 2.24) is 9.29 Å². The second kappa shape index (κ2) is 9.55. The van der Waals surface area contributed by atoms with Crippen molar-refractivity contribution in [2.24, 2.45) is 0 Å². The molecule has 0 aliphatic carbocycles. The Morgan fingerprint density at radius 3 is 2.62 bits per heavy atom. The highest BCUT2D eigenvalue weighted by Gasteiger charge is 2.22. The largest absolute Gasteiger partial charge is 0.468 e. The van der Waals surface area contributed by atoms with Crippen molar-refractivity contribution in [2.75, 3.05) is 12.4 Å². The molecule has 0 spiro atoms. The fourth-order valence-electron chi connectivity index (χ4n) is 3.08. The number of anilines is 1. The van der Waals surface area contributed by atoms with Gasteiger partial charge in [0.05, 0.1) is 28.3 Å². The van der Waals surface area contributed by atoms with Crippen LogP contribution in [0.5, 0.6) is 0 Å². The molecule has 2 aromatic carbocycles. The lowest BCUT2D eigenvalue weighted by molar-refractivity contribution is -0.384. The molecule has 0 radical (unpaired) electrons. The van der Waals surface area contributed by atoms with E-state index in [2.05, 4.69) is 10.3 Å². The summed E-state index contributed by atoms with van der Waals surface area (Å²) in [7, 11) is -2.33. The Hall–Kier alpha value is -3.87. The van der Waals surface area contributed by atoms with E-state index in [9.17, 15) is 23.3 Å². The molecular weight excluding hydrogens is 480 g/mol. The van der Waals surface area contributed by atoms with E-state index in [1.807, 2.05) is 0 Å². The summed E-state index contributed by atoms with van der Waals surface area (Å²) < 4.78 is 31.9. The number of nitro benzene ring substituents is 1. The summed E-state index contributed by atoms with van der Waals surface area (Å²) >= 11 is 1.17. The number of benzene rings is 2. The molecule has 0 fully saturated rings. The van der Waals surface area contributed by atoms with Gasteiger partial charge in [-0.05, 0) is 36.4 Å². The first kappa shape index (κ1) is 23.3. The van der Waals surface area contributed by atoms with Gasteiger partial charge in [0, 0.05) is 35.7 Å². The molecule has 1 N–H and O–H groups in total. The van der Waals surface area contributed by atoms with Crippen molar-refractivity contribution in [1.29, 1.82) is 0 Å². The standard InChI is InChI=1S/C22H18N4O6S2/c1-25(13-18-6-3-11-32-18)34(30,31)19-9-7-15(8-10-19)21(27)24-22-23-20(14-33-22)16-4-2-5-17(12-16)26(28)29/h2-12,14H,13H2,1H3,(H,23,24,27). The van der Waals surface area contributed by atoms with Gasteiger partial charge in [0.15, 0.2) is 5.13 Å². The number of sulfonamides is 1. The van der Waals surface area contributed by atoms with E-state index in [-0.39, 0.29) is 22.7 Å². The van der Waals surface area contributed by atoms with Gasteiger partial charge in [-0.3, -0.25) is 20.2 Å². The SMILES string of the molecule is CN(Cc1ccco1)S(=O)(=O)c1ccc(C(=O)Nc2nc(-c3cccc([N+](=O)[O-])c3)cs2)cc1. The number of aromatic nitrogens is 1. The maximum Gasteiger partial charge on any atom is 0.270 e. The minimum absolute atomic E-state index is 0.0420. The fourth-order valence-corrected chi connectivity index (χ4v) is 4.93. The smallest absolute Gasteiger partial charge is 0.270 e. The summed E-state index contributed by atoms with van der Waals surface area (Å²) in [4.78, 5) is 27.4. The molecule has 0 atom stereocenters. The number of nitrogens with one attached hydrogen (secondary N) is 1. The number of hydrogen-bond acceptors (Lipinski definition) is 8. The molecule has 10 nitrogen and oxygen atoms in total. The summed E-state index contributed by atoms with van der Waals surface area (Å²) in [6.07, 6.45) is 1.47. The highest BCUT2D eigenvalue weighted by molar-refractivity contribution is 7.89. The van der Waals surface area contributed by atoms with Gasteiger partial charge in [0.2, 0.25) is 10.0 Å². The maximum absolute atomic E-state index is 12.8. The second-order valence-corrected chi connectivity index (χ2v) is 10.1. The van der Waals surface area contributed by atoms with Gasteiger partial charge in [0.1, 0.15) is 5.76 Å². The van der Waals surface area contributed by atoms with Crippen molar-refractivity contribution >= 4 is 38.1 Å². The topological polar surface area (TPSA) is 136 Å². The van der Waals surface area contributed by atoms with Gasteiger partial charge in [-0.15, -0.1) is 11.3 Å². The molecule has 34 heavy (non-hydrogen) atoms. The lowest BCUT2D eigenvalue weighted by Gasteiger charge is -2.16. The molecule has 1 amide bonds. The number of hydrogen-bond donors (Lipinski definition) is 1. The molecule has 0 bridgehead atoms. The molecule has 2 aromatic heterocycles. The summed E-state index contributed by atoms with van der Waals surface area (Å²) in [6, 6.07) is 15.0. The zero-order valence-corrected chi connectivity index (χ0v) is 19.4. The fraction of sp³-hybridized carbons (Fsp3) is 0.0909. The Balaban J connectivity index is 1.44. The maximum atomic E-state index is 12.8. The monoisotopic (exact) mass is 498 g/mol. The lowest BCUT2D eigenvalue weighted by atomic mass is 10.1. The van der Waals surface area contributed by atoms with Crippen LogP contribution in [0, 0.1) is 10.1 Å². The van der Waals surface area contributed by atoms with E-state index < -0.39 is 20.9 Å². The van der Waals surface area contributed by atoms with Gasteiger partial charge >= 0.3 is 0 Å². The Morgan fingerprint density at radius 1 is 1.18 bits per heavy atom. The van der Waals surface area contributed by atoms with Crippen LogP contribution in [-0.2, 0) is 16.6 Å². The number of rotatable bonds is 8. The van der Waals surface area contributed by atoms with Crippen LogP contribution in [0.15, 0.2) is 81.6 Å². The number of amides is 1. The van der Waals surface area contributed by atoms with Gasteiger partial charge in [-0.2, -0.15) is 4.31 Å². The number of nitrogens with zero attached hydrogens (tertiary/aromatic N) is 3. The minimum atomic E-state index is -3.77. The molecule has 0 saturated heterocycles. The van der Waals surface area contributed by atoms with E-state index in [0.717, 1.165) is 4.31 Å². The molecule has 174 valence electrons. The highest BCUT2D eigenvalue weighted by Crippen LogP contribution is 2.28. The van der Waals surface area contributed by atoms with Crippen LogP contribution in [0.4, 0.5) is 10.8 Å². The van der Waals surface area contributed by atoms with Crippen LogP contribution >= 0.6 is 11.3 Å². The van der Waals surface area contributed by atoms with E-state index in [1.165, 1.54) is 61.0 Å². The Bertz CT molecular complexity index is 1430. The summed E-state index contributed by atoms with van der Waals surface area (Å²) in [6.45, 7) is 0.0779. The van der Waals surface area contributed by atoms with Crippen LogP contribution in [0.25, 0.3) is 11.3 Å². The van der Waals surface area contributed by atoms with E-state index >= 15 is 0 Å². The van der Waals surface area contributed by atoms with Gasteiger partial charge in [0.25, 0.3) is 11.6 Å². The van der Waals surface area contributed by atoms with Crippen LogP contribution in [0.2, 0.25) is 0 Å². The van der Waals surface area contributed by atoms with Crippen molar-refractivity contribution in [2.45, 2.75) is 11.4 Å². The van der Waals surface area contributed by atoms with Gasteiger partial charge < -0.3 is 4.42 Å². The van der Waals surface area contributed by atoms with Crippen molar-refractivity contribution < 1.29 is 22.6 Å². The van der Waals surface area contributed by atoms with Crippen molar-refractivity contribution in [3.05, 3.63) is 93.7 Å². The zero-order chi connectivity index (χ0) is 24.3. The summed E-state index contributed by atoms with van der Waals surface area (Å²) in [5.74, 6) is 0.0443. The lowest BCUT2D eigenvalue weighted by Crippen LogP contribution is -2.26. The molecule has 0 saturated carbocycles. The van der Waals surface area contributed by atoms with Crippen LogP contribution in [-0.4, -0.2) is 35.6 Å². The van der Waals surface area contributed by atoms with Crippen LogP contribution in [0.1, 0.15) is 16.1 Å². The van der Waals surface area contributed by atoms with Crippen molar-refractivity contribution in [3.8, 4) is 11.3 Å². The average Bonchev–Trinajstić information content (AvgIpc) is 3.51. The first-order valence-electron chi connectivity index (χ1n) is 9.84. The second-order valence-electron chi connectivity index (χ2n) is 7.16. The number of carbonyl (C=O) groups excluding carboxylic acids is 1. The van der Waals surface area contributed by atoms with Gasteiger partial charge in [-0.1, -0.05) is 12.1 Å². The van der Waals surface area contributed by atoms with E-state index in [4.69, 9.17) is 4.42 Å². The normalized spacial score (nSPS) is 11.5. The molecule has 0 aliphatic heterocycles. The van der Waals surface area contributed by atoms with Gasteiger partial charge in [-0.25, -0.2) is 13.4 Å². The number of thiazole rings is 1. The number of carbonyl (C=O) groups is 1. The molecule has 2 heterocycles. The third kappa shape index (κ3) is 5.03. The molecule has 0 unspecified atom stereocenters. The Morgan fingerprint density at radius 2 is 1.94 bits per heavy atom. The van der Waals surface area contributed by atoms with Crippen molar-refractivity contribution in [3.63, 3.8) is 0 Å². The molecule has 4 aromatic rings. The molecule has 12 heteroatoms. The summed E-state index contributed by atoms with van der Waals surface area (Å²) in [5.41, 5.74) is 1.24. The quantitative estimate of drug-likeness (QED) is 0.281. The third-order valence-corrected chi connectivity index (χ3v) is 7.44. The number of nitro groups is 1. The van der Waals surface area contributed by atoms with E-state index in [1.54, 1.807) is 29.6 Å². The third-order valence-electron chi connectivity index (χ3n) is 4.86. The first-order valence-corrected chi connectivity index (χ1v) is 12.2. The minimum Gasteiger partial charge on any atom is -0.468 e. The predicted molar refractivity (Wildman–Crippen MR) is 126 cm³/mol. The van der Waals surface area contributed by atoms with Crippen LogP contribution < -0.4 is 5.32 Å². The average molecular weight is 499 g/mol. The Labute approximate surface area is 198 Å². The Kier molecular flexibility index (Phi) is 6.54. The number of furan rings is 1. The highest BCUT2D eigenvalue weighted by atomic mass is 32.2. The molecule has 0 aliphatic rings. The molecule has 4 rings (SSSR count). The summed E-state index contributed by atoms with van der Waals surface area (Å²) in [5, 5.41) is 15.6. The number of non-ortho nitro benzene ring substituents is 1. The van der Waals surface area contributed by atoms with Crippen LogP contribution in [0.3, 0.4) is 0 Å².